The van der Waals surface area contributed by atoms with Crippen LogP contribution in [0.3, 0.4) is 0 Å². The van der Waals surface area contributed by atoms with Gasteiger partial charge in [-0.1, -0.05) is 30.3 Å². The Morgan fingerprint density at radius 1 is 1.20 bits per heavy atom. The Morgan fingerprint density at radius 2 is 1.96 bits per heavy atom. The monoisotopic (exact) mass is 339 g/mol. The summed E-state index contributed by atoms with van der Waals surface area (Å²) in [6.07, 6.45) is 3.59. The molecule has 0 aliphatic carbocycles. The number of amides is 1. The summed E-state index contributed by atoms with van der Waals surface area (Å²) in [6, 6.07) is 14.1. The number of morpholine rings is 1. The molecule has 3 rings (SSSR count). The molecule has 5 nitrogen and oxygen atoms in total. The Morgan fingerprint density at radius 3 is 2.72 bits per heavy atom. The zero-order valence-corrected chi connectivity index (χ0v) is 14.6. The van der Waals surface area contributed by atoms with E-state index >= 15 is 0 Å². The molecule has 1 unspecified atom stereocenters. The molecule has 1 aliphatic heterocycles. The molecule has 1 N–H and O–H groups in total. The van der Waals surface area contributed by atoms with Crippen LogP contribution < -0.4 is 10.2 Å². The van der Waals surface area contributed by atoms with Gasteiger partial charge in [0.1, 0.15) is 5.82 Å². The van der Waals surface area contributed by atoms with E-state index in [0.29, 0.717) is 18.8 Å². The van der Waals surface area contributed by atoms with Crippen LogP contribution in [0.15, 0.2) is 48.7 Å². The molecule has 0 bridgehead atoms. The third-order valence-electron chi connectivity index (χ3n) is 4.43. The van der Waals surface area contributed by atoms with Crippen LogP contribution in [0.5, 0.6) is 0 Å². The Kier molecular flexibility index (Phi) is 6.01. The van der Waals surface area contributed by atoms with Gasteiger partial charge in [0.15, 0.2) is 0 Å². The number of benzene rings is 1. The van der Waals surface area contributed by atoms with E-state index in [1.807, 2.05) is 37.3 Å². The Hall–Kier alpha value is -2.40. The fourth-order valence-electron chi connectivity index (χ4n) is 3.00. The highest BCUT2D eigenvalue weighted by atomic mass is 16.5. The molecule has 2 aromatic rings. The van der Waals surface area contributed by atoms with E-state index in [2.05, 4.69) is 27.3 Å². The molecule has 5 heteroatoms. The van der Waals surface area contributed by atoms with Gasteiger partial charge in [0.2, 0.25) is 0 Å². The normalized spacial score (nSPS) is 15.6. The Bertz CT molecular complexity index is 684. The minimum Gasteiger partial charge on any atom is -0.378 e. The second-order valence-electron chi connectivity index (χ2n) is 6.37. The molecular weight excluding hydrogens is 314 g/mol. The molecule has 0 spiro atoms. The van der Waals surface area contributed by atoms with Gasteiger partial charge in [-0.15, -0.1) is 0 Å². The summed E-state index contributed by atoms with van der Waals surface area (Å²) in [4.78, 5) is 19.3. The lowest BCUT2D eigenvalue weighted by molar-refractivity contribution is 0.0936. The molecule has 25 heavy (non-hydrogen) atoms. The summed E-state index contributed by atoms with van der Waals surface area (Å²) in [6.45, 7) is 4.92. The van der Waals surface area contributed by atoms with Crippen molar-refractivity contribution in [1.82, 2.24) is 10.3 Å². The first-order valence-corrected chi connectivity index (χ1v) is 8.86. The number of pyridine rings is 1. The van der Waals surface area contributed by atoms with Gasteiger partial charge in [0, 0.05) is 25.3 Å². The maximum absolute atomic E-state index is 12.7. The van der Waals surface area contributed by atoms with Crippen molar-refractivity contribution in [2.75, 3.05) is 31.2 Å². The van der Waals surface area contributed by atoms with Crippen LogP contribution in [-0.2, 0) is 11.2 Å². The van der Waals surface area contributed by atoms with Crippen molar-refractivity contribution in [2.45, 2.75) is 25.8 Å². The van der Waals surface area contributed by atoms with Gasteiger partial charge in [-0.05, 0) is 37.5 Å². The van der Waals surface area contributed by atoms with Crippen molar-refractivity contribution in [3.05, 3.63) is 59.8 Å². The van der Waals surface area contributed by atoms with Crippen molar-refractivity contribution >= 4 is 11.7 Å². The van der Waals surface area contributed by atoms with Gasteiger partial charge in [0.25, 0.3) is 5.91 Å². The second kappa shape index (κ2) is 8.62. The first-order valence-electron chi connectivity index (χ1n) is 8.86. The van der Waals surface area contributed by atoms with Gasteiger partial charge in [-0.3, -0.25) is 4.79 Å². The fourth-order valence-corrected chi connectivity index (χ4v) is 3.00. The Labute approximate surface area is 149 Å². The molecule has 1 aromatic carbocycles. The summed E-state index contributed by atoms with van der Waals surface area (Å²) in [5.41, 5.74) is 1.93. The molecule has 1 saturated heterocycles. The molecule has 1 amide bonds. The van der Waals surface area contributed by atoms with E-state index < -0.39 is 0 Å². The van der Waals surface area contributed by atoms with Gasteiger partial charge >= 0.3 is 0 Å². The minimum absolute atomic E-state index is 0.0600. The molecule has 1 fully saturated rings. The van der Waals surface area contributed by atoms with Gasteiger partial charge < -0.3 is 15.0 Å². The van der Waals surface area contributed by atoms with Gasteiger partial charge in [0.05, 0.1) is 18.8 Å². The topological polar surface area (TPSA) is 54.5 Å². The van der Waals surface area contributed by atoms with Gasteiger partial charge in [-0.2, -0.15) is 0 Å². The minimum atomic E-state index is -0.0600. The van der Waals surface area contributed by atoms with E-state index in [0.717, 1.165) is 31.7 Å². The highest BCUT2D eigenvalue weighted by Gasteiger charge is 2.20. The van der Waals surface area contributed by atoms with Crippen molar-refractivity contribution in [1.29, 1.82) is 0 Å². The maximum atomic E-state index is 12.7. The molecule has 0 radical (unpaired) electrons. The van der Waals surface area contributed by atoms with E-state index in [9.17, 15) is 4.79 Å². The van der Waals surface area contributed by atoms with E-state index in [4.69, 9.17) is 4.74 Å². The third kappa shape index (κ3) is 4.79. The maximum Gasteiger partial charge on any atom is 0.255 e. The van der Waals surface area contributed by atoms with E-state index in [-0.39, 0.29) is 11.9 Å². The lowest BCUT2D eigenvalue weighted by atomic mass is 10.1. The molecule has 1 aromatic heterocycles. The number of hydrogen-bond acceptors (Lipinski definition) is 4. The Balaban J connectivity index is 1.60. The predicted octanol–water partition coefficient (Wildman–Crippen LogP) is 2.67. The van der Waals surface area contributed by atoms with Crippen LogP contribution in [0.2, 0.25) is 0 Å². The summed E-state index contributed by atoms with van der Waals surface area (Å²) in [5.74, 6) is 0.689. The standard InChI is InChI=1S/C20H25N3O2/c1-16(9-10-17-6-3-2-4-7-17)22-20(24)18-8-5-11-21-19(18)23-12-14-25-15-13-23/h2-8,11,16H,9-10,12-15H2,1H3,(H,22,24). The highest BCUT2D eigenvalue weighted by Crippen LogP contribution is 2.18. The molecular formula is C20H25N3O2. The number of aryl methyl sites for hydroxylation is 1. The lowest BCUT2D eigenvalue weighted by Crippen LogP contribution is -2.39. The van der Waals surface area contributed by atoms with Crippen LogP contribution in [0.1, 0.15) is 29.3 Å². The molecule has 0 saturated carbocycles. The number of ether oxygens (including phenoxy) is 1. The van der Waals surface area contributed by atoms with Crippen LogP contribution in [0.25, 0.3) is 0 Å². The second-order valence-corrected chi connectivity index (χ2v) is 6.37. The number of rotatable bonds is 6. The third-order valence-corrected chi connectivity index (χ3v) is 4.43. The largest absolute Gasteiger partial charge is 0.378 e. The molecule has 1 atom stereocenters. The van der Waals surface area contributed by atoms with Crippen molar-refractivity contribution in [3.8, 4) is 0 Å². The van der Waals surface area contributed by atoms with Crippen LogP contribution in [-0.4, -0.2) is 43.2 Å². The van der Waals surface area contributed by atoms with Crippen molar-refractivity contribution in [2.24, 2.45) is 0 Å². The van der Waals surface area contributed by atoms with Crippen LogP contribution >= 0.6 is 0 Å². The van der Waals surface area contributed by atoms with E-state index in [1.54, 1.807) is 6.20 Å². The van der Waals surface area contributed by atoms with Crippen LogP contribution in [0.4, 0.5) is 5.82 Å². The number of anilines is 1. The first-order chi connectivity index (χ1) is 12.2. The molecule has 2 heterocycles. The zero-order chi connectivity index (χ0) is 17.5. The quantitative estimate of drug-likeness (QED) is 0.879. The summed E-state index contributed by atoms with van der Waals surface area (Å²) in [5, 5.41) is 3.11. The van der Waals surface area contributed by atoms with E-state index in [1.165, 1.54) is 5.56 Å². The summed E-state index contributed by atoms with van der Waals surface area (Å²) >= 11 is 0. The average Bonchev–Trinajstić information content (AvgIpc) is 2.68. The highest BCUT2D eigenvalue weighted by molar-refractivity contribution is 5.99. The lowest BCUT2D eigenvalue weighted by Gasteiger charge is -2.29. The molecule has 132 valence electrons. The smallest absolute Gasteiger partial charge is 0.255 e. The number of carbonyl (C=O) groups is 1. The zero-order valence-electron chi connectivity index (χ0n) is 14.6. The van der Waals surface area contributed by atoms with Crippen LogP contribution in [0, 0.1) is 0 Å². The average molecular weight is 339 g/mol. The predicted molar refractivity (Wildman–Crippen MR) is 99.0 cm³/mol. The van der Waals surface area contributed by atoms with Crippen molar-refractivity contribution in [3.63, 3.8) is 0 Å². The summed E-state index contributed by atoms with van der Waals surface area (Å²) < 4.78 is 5.39. The number of hydrogen-bond donors (Lipinski definition) is 1. The number of nitrogens with zero attached hydrogens (tertiary/aromatic N) is 2. The molecule has 1 aliphatic rings. The van der Waals surface area contributed by atoms with Gasteiger partial charge in [-0.25, -0.2) is 4.98 Å². The summed E-state index contributed by atoms with van der Waals surface area (Å²) in [7, 11) is 0. The SMILES string of the molecule is CC(CCc1ccccc1)NC(=O)c1cccnc1N1CCOCC1. The fraction of sp³-hybridized carbons (Fsp3) is 0.400. The number of aromatic nitrogens is 1. The first kappa shape index (κ1) is 17.4. The van der Waals surface area contributed by atoms with Crippen molar-refractivity contribution < 1.29 is 9.53 Å². The number of carbonyl (C=O) groups excluding carboxylic acids is 1. The number of nitrogens with one attached hydrogen (secondary N) is 1.